The van der Waals surface area contributed by atoms with Gasteiger partial charge in [0, 0.05) is 17.5 Å². The maximum Gasteiger partial charge on any atom is 0.262 e. The number of amides is 1. The SMILES string of the molecule is COc1cccc(C2=C(Sc3ccccc3)C(=O)N(C)C23C=CC(=O)C=C3)c1. The highest BCUT2D eigenvalue weighted by molar-refractivity contribution is 8.04. The van der Waals surface area contributed by atoms with Gasteiger partial charge in [-0.25, -0.2) is 0 Å². The molecule has 140 valence electrons. The largest absolute Gasteiger partial charge is 0.497 e. The molecule has 2 aromatic carbocycles. The number of hydrogen-bond acceptors (Lipinski definition) is 4. The van der Waals surface area contributed by atoms with Crippen LogP contribution in [0.4, 0.5) is 0 Å². The van der Waals surface area contributed by atoms with Crippen LogP contribution in [0.3, 0.4) is 0 Å². The summed E-state index contributed by atoms with van der Waals surface area (Å²) in [7, 11) is 3.39. The summed E-state index contributed by atoms with van der Waals surface area (Å²) in [6.45, 7) is 0. The molecule has 1 spiro atoms. The van der Waals surface area contributed by atoms with Gasteiger partial charge in [-0.05, 0) is 54.1 Å². The Kier molecular flexibility index (Phi) is 4.69. The van der Waals surface area contributed by atoms with Crippen LogP contribution in [0.15, 0.2) is 88.7 Å². The van der Waals surface area contributed by atoms with Crippen LogP contribution in [0.1, 0.15) is 5.56 Å². The second-order valence-electron chi connectivity index (χ2n) is 6.61. The van der Waals surface area contributed by atoms with E-state index in [2.05, 4.69) is 0 Å². The van der Waals surface area contributed by atoms with E-state index in [1.54, 1.807) is 31.2 Å². The molecule has 0 atom stereocenters. The van der Waals surface area contributed by atoms with Gasteiger partial charge in [0.25, 0.3) is 5.91 Å². The summed E-state index contributed by atoms with van der Waals surface area (Å²) in [4.78, 5) is 28.4. The van der Waals surface area contributed by atoms with E-state index >= 15 is 0 Å². The number of benzene rings is 2. The average molecular weight is 389 g/mol. The van der Waals surface area contributed by atoms with E-state index in [0.29, 0.717) is 10.7 Å². The van der Waals surface area contributed by atoms with Gasteiger partial charge in [0.05, 0.1) is 12.0 Å². The standard InChI is InChI=1S/C23H19NO3S/c1-24-22(26)21(28-19-9-4-3-5-10-19)20(16-7-6-8-18(15-16)27-2)23(24)13-11-17(25)12-14-23/h3-15H,1-2H3. The molecule has 0 fully saturated rings. The maximum atomic E-state index is 13.3. The quantitative estimate of drug-likeness (QED) is 0.790. The van der Waals surface area contributed by atoms with Gasteiger partial charge < -0.3 is 9.64 Å². The minimum Gasteiger partial charge on any atom is -0.497 e. The molecule has 0 bridgehead atoms. The molecule has 0 saturated heterocycles. The summed E-state index contributed by atoms with van der Waals surface area (Å²) in [5.74, 6) is 0.557. The van der Waals surface area contributed by atoms with E-state index in [1.165, 1.54) is 23.9 Å². The first kappa shape index (κ1) is 18.3. The van der Waals surface area contributed by atoms with Crippen molar-refractivity contribution in [2.24, 2.45) is 0 Å². The number of ether oxygens (including phenoxy) is 1. The number of methoxy groups -OCH3 is 1. The minimum atomic E-state index is -0.797. The van der Waals surface area contributed by atoms with E-state index in [-0.39, 0.29) is 11.7 Å². The molecule has 2 aliphatic rings. The monoisotopic (exact) mass is 389 g/mol. The summed E-state index contributed by atoms with van der Waals surface area (Å²) in [6, 6.07) is 17.5. The lowest BCUT2D eigenvalue weighted by atomic mass is 9.82. The van der Waals surface area contributed by atoms with Crippen LogP contribution in [-0.4, -0.2) is 36.3 Å². The highest BCUT2D eigenvalue weighted by Gasteiger charge is 2.48. The zero-order chi connectivity index (χ0) is 19.7. The van der Waals surface area contributed by atoms with Gasteiger partial charge in [-0.15, -0.1) is 0 Å². The Morgan fingerprint density at radius 2 is 1.68 bits per heavy atom. The molecule has 1 aliphatic heterocycles. The van der Waals surface area contributed by atoms with E-state index in [9.17, 15) is 9.59 Å². The van der Waals surface area contributed by atoms with Crippen molar-refractivity contribution < 1.29 is 14.3 Å². The summed E-state index contributed by atoms with van der Waals surface area (Å²) < 4.78 is 5.40. The Morgan fingerprint density at radius 3 is 2.36 bits per heavy atom. The molecule has 0 radical (unpaired) electrons. The Bertz CT molecular complexity index is 1020. The van der Waals surface area contributed by atoms with E-state index in [4.69, 9.17) is 4.74 Å². The molecule has 1 heterocycles. The third-order valence-electron chi connectivity index (χ3n) is 5.01. The lowest BCUT2D eigenvalue weighted by Crippen LogP contribution is -2.43. The second kappa shape index (κ2) is 7.17. The molecule has 4 nitrogen and oxygen atoms in total. The number of thioether (sulfide) groups is 1. The normalized spacial score (nSPS) is 17.7. The van der Waals surface area contributed by atoms with Gasteiger partial charge in [0.2, 0.25) is 0 Å². The van der Waals surface area contributed by atoms with Crippen molar-refractivity contribution in [3.63, 3.8) is 0 Å². The van der Waals surface area contributed by atoms with Crippen LogP contribution in [0.5, 0.6) is 5.75 Å². The molecule has 0 aromatic heterocycles. The summed E-state index contributed by atoms with van der Waals surface area (Å²) in [6.07, 6.45) is 6.67. The van der Waals surface area contributed by atoms with Crippen molar-refractivity contribution >= 4 is 29.0 Å². The molecule has 0 saturated carbocycles. The fourth-order valence-corrected chi connectivity index (χ4v) is 4.68. The Morgan fingerprint density at radius 1 is 0.964 bits per heavy atom. The van der Waals surface area contributed by atoms with Crippen LogP contribution in [0.2, 0.25) is 0 Å². The van der Waals surface area contributed by atoms with Crippen LogP contribution in [0.25, 0.3) is 5.57 Å². The first-order valence-electron chi connectivity index (χ1n) is 8.88. The summed E-state index contributed by atoms with van der Waals surface area (Å²) in [5.41, 5.74) is 0.945. The van der Waals surface area contributed by atoms with Crippen LogP contribution >= 0.6 is 11.8 Å². The molecule has 1 amide bonds. The number of ketones is 1. The molecule has 2 aromatic rings. The highest BCUT2D eigenvalue weighted by atomic mass is 32.2. The third kappa shape index (κ3) is 2.98. The summed E-state index contributed by atoms with van der Waals surface area (Å²) in [5, 5.41) is 0. The van der Waals surface area contributed by atoms with E-state index < -0.39 is 5.54 Å². The minimum absolute atomic E-state index is 0.0738. The molecule has 1 aliphatic carbocycles. The molecule has 28 heavy (non-hydrogen) atoms. The van der Waals surface area contributed by atoms with Gasteiger partial charge in [-0.3, -0.25) is 9.59 Å². The smallest absolute Gasteiger partial charge is 0.262 e. The number of likely N-dealkylation sites (N-methyl/N-ethyl adjacent to an activating group) is 1. The van der Waals surface area contributed by atoms with Gasteiger partial charge >= 0.3 is 0 Å². The van der Waals surface area contributed by atoms with Gasteiger partial charge in [-0.2, -0.15) is 0 Å². The van der Waals surface area contributed by atoms with Crippen molar-refractivity contribution in [1.82, 2.24) is 4.90 Å². The number of hydrogen-bond donors (Lipinski definition) is 0. The highest BCUT2D eigenvalue weighted by Crippen LogP contribution is 2.49. The van der Waals surface area contributed by atoms with Crippen molar-refractivity contribution in [2.75, 3.05) is 14.2 Å². The predicted molar refractivity (Wildman–Crippen MR) is 111 cm³/mol. The Balaban J connectivity index is 1.94. The lowest BCUT2D eigenvalue weighted by Gasteiger charge is -2.34. The number of nitrogens with zero attached hydrogens (tertiary/aromatic N) is 1. The zero-order valence-corrected chi connectivity index (χ0v) is 16.4. The van der Waals surface area contributed by atoms with Crippen molar-refractivity contribution in [1.29, 1.82) is 0 Å². The second-order valence-corrected chi connectivity index (χ2v) is 7.69. The molecule has 0 N–H and O–H groups in total. The molecule has 0 unspecified atom stereocenters. The van der Waals surface area contributed by atoms with Gasteiger partial charge in [-0.1, -0.05) is 42.1 Å². The van der Waals surface area contributed by atoms with E-state index in [0.717, 1.165) is 16.0 Å². The summed E-state index contributed by atoms with van der Waals surface area (Å²) >= 11 is 1.44. The number of allylic oxidation sites excluding steroid dienone is 2. The van der Waals surface area contributed by atoms with E-state index in [1.807, 2.05) is 54.6 Å². The molecule has 5 heteroatoms. The predicted octanol–water partition coefficient (Wildman–Crippen LogP) is 4.10. The zero-order valence-electron chi connectivity index (χ0n) is 15.6. The van der Waals surface area contributed by atoms with Gasteiger partial charge in [0.15, 0.2) is 5.78 Å². The van der Waals surface area contributed by atoms with Crippen LogP contribution in [0, 0.1) is 0 Å². The fourth-order valence-electron chi connectivity index (χ4n) is 3.54. The first-order chi connectivity index (χ1) is 13.5. The molecular weight excluding hydrogens is 370 g/mol. The topological polar surface area (TPSA) is 46.6 Å². The fraction of sp³-hybridized carbons (Fsp3) is 0.130. The van der Waals surface area contributed by atoms with Crippen molar-refractivity contribution in [3.05, 3.63) is 89.4 Å². The van der Waals surface area contributed by atoms with Gasteiger partial charge in [0.1, 0.15) is 11.3 Å². The number of rotatable bonds is 4. The Labute approximate surface area is 168 Å². The van der Waals surface area contributed by atoms with Crippen molar-refractivity contribution in [2.45, 2.75) is 10.4 Å². The average Bonchev–Trinajstić information content (AvgIpc) is 2.93. The van der Waals surface area contributed by atoms with Crippen LogP contribution < -0.4 is 4.74 Å². The van der Waals surface area contributed by atoms with Crippen molar-refractivity contribution in [3.8, 4) is 5.75 Å². The first-order valence-corrected chi connectivity index (χ1v) is 9.69. The maximum absolute atomic E-state index is 13.3. The Hall–Kier alpha value is -3.05. The number of carbonyl (C=O) groups is 2. The number of carbonyl (C=O) groups excluding carboxylic acids is 2. The molecule has 4 rings (SSSR count). The lowest BCUT2D eigenvalue weighted by molar-refractivity contribution is -0.125. The van der Waals surface area contributed by atoms with Crippen LogP contribution in [-0.2, 0) is 9.59 Å². The third-order valence-corrected chi connectivity index (χ3v) is 6.10. The molecular formula is C23H19NO3S.